The summed E-state index contributed by atoms with van der Waals surface area (Å²) in [5.41, 5.74) is 2.87. The van der Waals surface area contributed by atoms with E-state index >= 15 is 0 Å². The Bertz CT molecular complexity index is 1130. The predicted molar refractivity (Wildman–Crippen MR) is 120 cm³/mol. The highest BCUT2D eigenvalue weighted by molar-refractivity contribution is 7.98. The molecule has 0 fully saturated rings. The SMILES string of the molecule is CCOc1ccc(-n2c(SCc3ccc(F)cc3)nnc2-c2ccc(OC)cc2)cc1. The normalized spacial score (nSPS) is 10.8. The molecule has 0 saturated heterocycles. The van der Waals surface area contributed by atoms with Crippen molar-refractivity contribution in [2.24, 2.45) is 0 Å². The molecule has 4 rings (SSSR count). The molecule has 31 heavy (non-hydrogen) atoms. The van der Waals surface area contributed by atoms with Crippen LogP contribution in [0, 0.1) is 5.82 Å². The second kappa shape index (κ2) is 9.66. The maximum absolute atomic E-state index is 13.2. The molecule has 1 heterocycles. The van der Waals surface area contributed by atoms with Crippen LogP contribution in [0.25, 0.3) is 17.1 Å². The summed E-state index contributed by atoms with van der Waals surface area (Å²) in [6.07, 6.45) is 0. The third-order valence-corrected chi connectivity index (χ3v) is 5.67. The first-order valence-electron chi connectivity index (χ1n) is 9.88. The first-order valence-corrected chi connectivity index (χ1v) is 10.9. The number of halogens is 1. The van der Waals surface area contributed by atoms with Crippen LogP contribution in [0.5, 0.6) is 11.5 Å². The number of methoxy groups -OCH3 is 1. The lowest BCUT2D eigenvalue weighted by atomic mass is 10.2. The number of nitrogens with zero attached hydrogens (tertiary/aromatic N) is 3. The van der Waals surface area contributed by atoms with Crippen molar-refractivity contribution in [2.75, 3.05) is 13.7 Å². The summed E-state index contributed by atoms with van der Waals surface area (Å²) in [5.74, 6) is 2.73. The van der Waals surface area contributed by atoms with E-state index in [-0.39, 0.29) is 5.82 Å². The minimum Gasteiger partial charge on any atom is -0.497 e. The van der Waals surface area contributed by atoms with E-state index in [1.165, 1.54) is 12.1 Å². The Labute approximate surface area is 184 Å². The van der Waals surface area contributed by atoms with Gasteiger partial charge in [0.05, 0.1) is 13.7 Å². The van der Waals surface area contributed by atoms with Crippen molar-refractivity contribution in [1.82, 2.24) is 14.8 Å². The van der Waals surface area contributed by atoms with Gasteiger partial charge in [0.25, 0.3) is 0 Å². The van der Waals surface area contributed by atoms with Gasteiger partial charge < -0.3 is 9.47 Å². The largest absolute Gasteiger partial charge is 0.497 e. The van der Waals surface area contributed by atoms with E-state index in [2.05, 4.69) is 10.2 Å². The second-order valence-electron chi connectivity index (χ2n) is 6.71. The van der Waals surface area contributed by atoms with Gasteiger partial charge in [-0.15, -0.1) is 10.2 Å². The lowest BCUT2D eigenvalue weighted by Gasteiger charge is -2.12. The van der Waals surface area contributed by atoms with E-state index in [0.29, 0.717) is 12.4 Å². The monoisotopic (exact) mass is 435 g/mol. The molecule has 7 heteroatoms. The number of aromatic nitrogens is 3. The van der Waals surface area contributed by atoms with E-state index in [1.54, 1.807) is 31.0 Å². The molecule has 0 bridgehead atoms. The zero-order chi connectivity index (χ0) is 21.6. The fourth-order valence-corrected chi connectivity index (χ4v) is 4.02. The van der Waals surface area contributed by atoms with Gasteiger partial charge in [0.15, 0.2) is 11.0 Å². The summed E-state index contributed by atoms with van der Waals surface area (Å²) in [5, 5.41) is 9.66. The number of thioether (sulfide) groups is 1. The molecule has 4 aromatic rings. The van der Waals surface area contributed by atoms with Crippen LogP contribution < -0.4 is 9.47 Å². The lowest BCUT2D eigenvalue weighted by Crippen LogP contribution is -2.00. The average Bonchev–Trinajstić information content (AvgIpc) is 3.23. The number of hydrogen-bond donors (Lipinski definition) is 0. The smallest absolute Gasteiger partial charge is 0.196 e. The highest BCUT2D eigenvalue weighted by Crippen LogP contribution is 2.31. The summed E-state index contributed by atoms with van der Waals surface area (Å²) >= 11 is 1.55. The van der Waals surface area contributed by atoms with Gasteiger partial charge in [0.1, 0.15) is 17.3 Å². The predicted octanol–water partition coefficient (Wildman–Crippen LogP) is 5.77. The first kappa shape index (κ1) is 20.9. The molecule has 1 aromatic heterocycles. The number of benzene rings is 3. The van der Waals surface area contributed by atoms with Crippen LogP contribution in [0.1, 0.15) is 12.5 Å². The van der Waals surface area contributed by atoms with Crippen LogP contribution in [-0.2, 0) is 5.75 Å². The fourth-order valence-electron chi connectivity index (χ4n) is 3.11. The maximum Gasteiger partial charge on any atom is 0.196 e. The van der Waals surface area contributed by atoms with Crippen LogP contribution in [0.4, 0.5) is 4.39 Å². The molecule has 0 atom stereocenters. The molecule has 3 aromatic carbocycles. The first-order chi connectivity index (χ1) is 15.2. The molecule has 0 aliphatic rings. The molecular weight excluding hydrogens is 413 g/mol. The number of hydrogen-bond acceptors (Lipinski definition) is 5. The Morgan fingerprint density at radius 1 is 0.871 bits per heavy atom. The number of ether oxygens (including phenoxy) is 2. The Morgan fingerprint density at radius 2 is 1.55 bits per heavy atom. The summed E-state index contributed by atoms with van der Waals surface area (Å²) in [4.78, 5) is 0. The standard InChI is InChI=1S/C24H22FN3O2S/c1-3-30-22-14-10-20(11-15-22)28-23(18-6-12-21(29-2)13-7-18)26-27-24(28)31-16-17-4-8-19(25)9-5-17/h4-15H,3,16H2,1-2H3. The summed E-state index contributed by atoms with van der Waals surface area (Å²) in [6.45, 7) is 2.57. The molecule has 0 aliphatic heterocycles. The molecule has 0 amide bonds. The van der Waals surface area contributed by atoms with Gasteiger partial charge >= 0.3 is 0 Å². The van der Waals surface area contributed by atoms with Gasteiger partial charge in [-0.1, -0.05) is 23.9 Å². The van der Waals surface area contributed by atoms with Crippen molar-refractivity contribution in [3.8, 4) is 28.6 Å². The minimum absolute atomic E-state index is 0.243. The van der Waals surface area contributed by atoms with E-state index in [0.717, 1.165) is 39.3 Å². The lowest BCUT2D eigenvalue weighted by molar-refractivity contribution is 0.340. The molecule has 5 nitrogen and oxygen atoms in total. The summed E-state index contributed by atoms with van der Waals surface area (Å²) in [7, 11) is 1.64. The molecule has 158 valence electrons. The molecule has 0 saturated carbocycles. The van der Waals surface area contributed by atoms with Crippen molar-refractivity contribution in [3.63, 3.8) is 0 Å². The van der Waals surface area contributed by atoms with Gasteiger partial charge in [-0.2, -0.15) is 0 Å². The van der Waals surface area contributed by atoms with Crippen molar-refractivity contribution >= 4 is 11.8 Å². The third kappa shape index (κ3) is 4.88. The Kier molecular flexibility index (Phi) is 6.52. The van der Waals surface area contributed by atoms with Crippen LogP contribution in [-0.4, -0.2) is 28.5 Å². The van der Waals surface area contributed by atoms with Crippen LogP contribution in [0.3, 0.4) is 0 Å². The quantitative estimate of drug-likeness (QED) is 0.329. The summed E-state index contributed by atoms with van der Waals surface area (Å²) in [6, 6.07) is 22.1. The Morgan fingerprint density at radius 3 is 2.19 bits per heavy atom. The highest BCUT2D eigenvalue weighted by atomic mass is 32.2. The van der Waals surface area contributed by atoms with E-state index in [9.17, 15) is 4.39 Å². The van der Waals surface area contributed by atoms with E-state index in [4.69, 9.17) is 9.47 Å². The zero-order valence-corrected chi connectivity index (χ0v) is 18.1. The van der Waals surface area contributed by atoms with Crippen molar-refractivity contribution in [3.05, 3.63) is 84.2 Å². The molecule has 0 spiro atoms. The van der Waals surface area contributed by atoms with Gasteiger partial charge in [-0.05, 0) is 73.2 Å². The molecule has 0 unspecified atom stereocenters. The third-order valence-electron chi connectivity index (χ3n) is 4.67. The Balaban J connectivity index is 1.69. The van der Waals surface area contributed by atoms with Crippen molar-refractivity contribution < 1.29 is 13.9 Å². The number of rotatable bonds is 8. The van der Waals surface area contributed by atoms with Crippen LogP contribution in [0.15, 0.2) is 78.0 Å². The summed E-state index contributed by atoms with van der Waals surface area (Å²) < 4.78 is 26.1. The molecule has 0 radical (unpaired) electrons. The maximum atomic E-state index is 13.2. The molecule has 0 aliphatic carbocycles. The van der Waals surface area contributed by atoms with Crippen molar-refractivity contribution in [2.45, 2.75) is 17.8 Å². The zero-order valence-electron chi connectivity index (χ0n) is 17.3. The molecular formula is C24H22FN3O2S. The van der Waals surface area contributed by atoms with Crippen molar-refractivity contribution in [1.29, 1.82) is 0 Å². The van der Waals surface area contributed by atoms with E-state index < -0.39 is 0 Å². The second-order valence-corrected chi connectivity index (χ2v) is 7.65. The molecule has 0 N–H and O–H groups in total. The van der Waals surface area contributed by atoms with Crippen LogP contribution >= 0.6 is 11.8 Å². The highest BCUT2D eigenvalue weighted by Gasteiger charge is 2.16. The van der Waals surface area contributed by atoms with Crippen LogP contribution in [0.2, 0.25) is 0 Å². The average molecular weight is 436 g/mol. The minimum atomic E-state index is -0.243. The van der Waals surface area contributed by atoms with Gasteiger partial charge in [0.2, 0.25) is 0 Å². The topological polar surface area (TPSA) is 49.2 Å². The van der Waals surface area contributed by atoms with Gasteiger partial charge in [-0.3, -0.25) is 4.57 Å². The fraction of sp³-hybridized carbons (Fsp3) is 0.167. The van der Waals surface area contributed by atoms with Gasteiger partial charge in [0, 0.05) is 17.0 Å². The van der Waals surface area contributed by atoms with E-state index in [1.807, 2.05) is 60.0 Å². The Hall–Kier alpha value is -3.32. The van der Waals surface area contributed by atoms with Gasteiger partial charge in [-0.25, -0.2) is 4.39 Å².